The number of hydrogen-bond acceptors (Lipinski definition) is 3. The lowest BCUT2D eigenvalue weighted by atomic mass is 10.1. The van der Waals surface area contributed by atoms with Crippen LogP contribution in [0.4, 0.5) is 0 Å². The van der Waals surface area contributed by atoms with Crippen LogP contribution >= 0.6 is 23.2 Å². The summed E-state index contributed by atoms with van der Waals surface area (Å²) in [6.45, 7) is 7.91. The molecule has 174 valence electrons. The fourth-order valence-electron chi connectivity index (χ4n) is 3.24. The Labute approximate surface area is 201 Å². The van der Waals surface area contributed by atoms with Crippen molar-refractivity contribution in [1.82, 2.24) is 10.2 Å². The van der Waals surface area contributed by atoms with E-state index >= 15 is 0 Å². The normalized spacial score (nSPS) is 12.7. The molecule has 2 aromatic carbocycles. The van der Waals surface area contributed by atoms with Gasteiger partial charge >= 0.3 is 0 Å². The predicted octanol–water partition coefficient (Wildman–Crippen LogP) is 5.66. The molecule has 2 atom stereocenters. The number of halogens is 2. The average Bonchev–Trinajstić information content (AvgIpc) is 2.78. The molecule has 32 heavy (non-hydrogen) atoms. The molecule has 0 heterocycles. The SMILES string of the molecule is CCc1ccc(OCC(=O)N(Cc2ccc(Cl)cc2Cl)C(CC)C(=O)NC(C)CC)cc1. The fraction of sp³-hybridized carbons (Fsp3) is 0.440. The first-order valence-electron chi connectivity index (χ1n) is 11.0. The van der Waals surface area contributed by atoms with Crippen molar-refractivity contribution < 1.29 is 14.3 Å². The van der Waals surface area contributed by atoms with Crippen molar-refractivity contribution in [2.24, 2.45) is 0 Å². The summed E-state index contributed by atoms with van der Waals surface area (Å²) in [5.74, 6) is 0.131. The highest BCUT2D eigenvalue weighted by Gasteiger charge is 2.30. The van der Waals surface area contributed by atoms with E-state index < -0.39 is 6.04 Å². The van der Waals surface area contributed by atoms with Gasteiger partial charge < -0.3 is 15.0 Å². The number of aryl methyl sites for hydroxylation is 1. The molecular weight excluding hydrogens is 447 g/mol. The monoisotopic (exact) mass is 478 g/mol. The van der Waals surface area contributed by atoms with Crippen LogP contribution in [0, 0.1) is 0 Å². The maximum absolute atomic E-state index is 13.2. The fourth-order valence-corrected chi connectivity index (χ4v) is 3.71. The molecule has 2 aromatic rings. The Bertz CT molecular complexity index is 903. The number of rotatable bonds is 11. The van der Waals surface area contributed by atoms with E-state index in [1.807, 2.05) is 45.0 Å². The first kappa shape index (κ1) is 26.0. The van der Waals surface area contributed by atoms with Crippen LogP contribution in [-0.4, -0.2) is 35.4 Å². The number of hydrogen-bond donors (Lipinski definition) is 1. The Morgan fingerprint density at radius 2 is 1.72 bits per heavy atom. The van der Waals surface area contributed by atoms with Gasteiger partial charge in [-0.3, -0.25) is 9.59 Å². The molecule has 7 heteroatoms. The lowest BCUT2D eigenvalue weighted by molar-refractivity contribution is -0.143. The number of carbonyl (C=O) groups excluding carboxylic acids is 2. The first-order valence-corrected chi connectivity index (χ1v) is 11.8. The van der Waals surface area contributed by atoms with Crippen LogP contribution in [0.3, 0.4) is 0 Å². The van der Waals surface area contributed by atoms with Crippen molar-refractivity contribution in [2.75, 3.05) is 6.61 Å². The number of carbonyl (C=O) groups is 2. The molecule has 0 fully saturated rings. The van der Waals surface area contributed by atoms with Crippen LogP contribution in [0.2, 0.25) is 10.0 Å². The zero-order valence-electron chi connectivity index (χ0n) is 19.2. The second kappa shape index (κ2) is 12.7. The van der Waals surface area contributed by atoms with Crippen molar-refractivity contribution in [3.8, 4) is 5.75 Å². The second-order valence-electron chi connectivity index (χ2n) is 7.79. The van der Waals surface area contributed by atoms with Gasteiger partial charge in [-0.2, -0.15) is 0 Å². The average molecular weight is 479 g/mol. The summed E-state index contributed by atoms with van der Waals surface area (Å²) in [7, 11) is 0. The van der Waals surface area contributed by atoms with Crippen LogP contribution in [-0.2, 0) is 22.6 Å². The van der Waals surface area contributed by atoms with Crippen molar-refractivity contribution in [3.63, 3.8) is 0 Å². The Hall–Kier alpha value is -2.24. The summed E-state index contributed by atoms with van der Waals surface area (Å²) in [6.07, 6.45) is 2.19. The lowest BCUT2D eigenvalue weighted by Gasteiger charge is -2.31. The highest BCUT2D eigenvalue weighted by Crippen LogP contribution is 2.24. The Morgan fingerprint density at radius 1 is 1.03 bits per heavy atom. The maximum atomic E-state index is 13.2. The van der Waals surface area contributed by atoms with E-state index in [0.29, 0.717) is 27.8 Å². The molecular formula is C25H32Cl2N2O3. The summed E-state index contributed by atoms with van der Waals surface area (Å²) in [6, 6.07) is 12.1. The van der Waals surface area contributed by atoms with E-state index in [4.69, 9.17) is 27.9 Å². The number of benzene rings is 2. The smallest absolute Gasteiger partial charge is 0.261 e. The zero-order valence-corrected chi connectivity index (χ0v) is 20.7. The number of amides is 2. The summed E-state index contributed by atoms with van der Waals surface area (Å²) in [5, 5.41) is 3.94. The molecule has 5 nitrogen and oxygen atoms in total. The molecule has 0 aliphatic carbocycles. The molecule has 2 rings (SSSR count). The topological polar surface area (TPSA) is 58.6 Å². The highest BCUT2D eigenvalue weighted by atomic mass is 35.5. The van der Waals surface area contributed by atoms with Gasteiger partial charge in [0, 0.05) is 22.6 Å². The molecule has 1 N–H and O–H groups in total. The third-order valence-corrected chi connectivity index (χ3v) is 6.02. The first-order chi connectivity index (χ1) is 15.3. The van der Waals surface area contributed by atoms with E-state index in [-0.39, 0.29) is 31.0 Å². The van der Waals surface area contributed by atoms with Gasteiger partial charge in [0.25, 0.3) is 5.91 Å². The summed E-state index contributed by atoms with van der Waals surface area (Å²) in [4.78, 5) is 27.7. The largest absolute Gasteiger partial charge is 0.484 e. The van der Waals surface area contributed by atoms with E-state index in [1.54, 1.807) is 18.2 Å². The zero-order chi connectivity index (χ0) is 23.7. The summed E-state index contributed by atoms with van der Waals surface area (Å²) >= 11 is 12.4. The number of nitrogens with one attached hydrogen (secondary N) is 1. The van der Waals surface area contributed by atoms with Crippen LogP contribution in [0.5, 0.6) is 5.75 Å². The van der Waals surface area contributed by atoms with Gasteiger partial charge in [0.2, 0.25) is 5.91 Å². The second-order valence-corrected chi connectivity index (χ2v) is 8.63. The minimum absolute atomic E-state index is 0.0148. The summed E-state index contributed by atoms with van der Waals surface area (Å²) in [5.41, 5.74) is 1.90. The van der Waals surface area contributed by atoms with Gasteiger partial charge in [-0.25, -0.2) is 0 Å². The van der Waals surface area contributed by atoms with E-state index in [9.17, 15) is 9.59 Å². The van der Waals surface area contributed by atoms with Crippen molar-refractivity contribution >= 4 is 35.0 Å². The molecule has 0 saturated carbocycles. The molecule has 2 unspecified atom stereocenters. The Morgan fingerprint density at radius 3 is 2.28 bits per heavy atom. The molecule has 0 spiro atoms. The van der Waals surface area contributed by atoms with Crippen molar-refractivity contribution in [2.45, 2.75) is 65.6 Å². The van der Waals surface area contributed by atoms with E-state index in [2.05, 4.69) is 12.2 Å². The standard InChI is InChI=1S/C25H32Cl2N2O3/c1-5-17(4)28-25(31)23(7-3)29(15-19-10-11-20(26)14-22(19)27)24(30)16-32-21-12-8-18(6-2)9-13-21/h8-14,17,23H,5-7,15-16H2,1-4H3,(H,28,31). The molecule has 0 bridgehead atoms. The van der Waals surface area contributed by atoms with Crippen molar-refractivity contribution in [3.05, 3.63) is 63.6 Å². The summed E-state index contributed by atoms with van der Waals surface area (Å²) < 4.78 is 5.73. The van der Waals surface area contributed by atoms with Crippen LogP contribution in [0.1, 0.15) is 51.7 Å². The molecule has 0 aliphatic heterocycles. The quantitative estimate of drug-likeness (QED) is 0.453. The van der Waals surface area contributed by atoms with Crippen molar-refractivity contribution in [1.29, 1.82) is 0 Å². The molecule has 0 aliphatic rings. The van der Waals surface area contributed by atoms with Gasteiger partial charge in [0.1, 0.15) is 11.8 Å². The van der Waals surface area contributed by atoms with Gasteiger partial charge in [-0.05, 0) is 61.6 Å². The van der Waals surface area contributed by atoms with Crippen LogP contribution < -0.4 is 10.1 Å². The van der Waals surface area contributed by atoms with Gasteiger partial charge in [0.15, 0.2) is 6.61 Å². The predicted molar refractivity (Wildman–Crippen MR) is 130 cm³/mol. The third-order valence-electron chi connectivity index (χ3n) is 5.44. The molecule has 2 amide bonds. The Kier molecular flexibility index (Phi) is 10.3. The minimum atomic E-state index is -0.644. The van der Waals surface area contributed by atoms with Gasteiger partial charge in [0.05, 0.1) is 0 Å². The number of ether oxygens (including phenoxy) is 1. The molecule has 0 radical (unpaired) electrons. The van der Waals surface area contributed by atoms with Gasteiger partial charge in [-0.1, -0.05) is 62.2 Å². The molecule has 0 aromatic heterocycles. The minimum Gasteiger partial charge on any atom is -0.484 e. The lowest BCUT2D eigenvalue weighted by Crippen LogP contribution is -2.51. The van der Waals surface area contributed by atoms with Crippen LogP contribution in [0.25, 0.3) is 0 Å². The maximum Gasteiger partial charge on any atom is 0.261 e. The van der Waals surface area contributed by atoms with E-state index in [1.165, 1.54) is 10.5 Å². The third kappa shape index (κ3) is 7.42. The van der Waals surface area contributed by atoms with E-state index in [0.717, 1.165) is 12.8 Å². The van der Waals surface area contributed by atoms with Gasteiger partial charge in [-0.15, -0.1) is 0 Å². The number of nitrogens with zero attached hydrogens (tertiary/aromatic N) is 1. The molecule has 0 saturated heterocycles. The highest BCUT2D eigenvalue weighted by molar-refractivity contribution is 6.35. The Balaban J connectivity index is 2.23. The van der Waals surface area contributed by atoms with Crippen LogP contribution in [0.15, 0.2) is 42.5 Å².